The summed E-state index contributed by atoms with van der Waals surface area (Å²) in [4.78, 5) is 41.3. The Morgan fingerprint density at radius 1 is 1.38 bits per heavy atom. The molecule has 0 spiro atoms. The minimum atomic E-state index is -0.316. The Morgan fingerprint density at radius 3 is 2.92 bits per heavy atom. The highest BCUT2D eigenvalue weighted by molar-refractivity contribution is 5.94. The average Bonchev–Trinajstić information content (AvgIpc) is 2.95. The second-order valence-corrected chi connectivity index (χ2v) is 6.09. The van der Waals surface area contributed by atoms with Crippen molar-refractivity contribution in [2.75, 3.05) is 33.4 Å². The van der Waals surface area contributed by atoms with Gasteiger partial charge >= 0.3 is 0 Å². The molecular weight excluding hydrogens is 342 g/mol. The van der Waals surface area contributed by atoms with E-state index in [1.807, 2.05) is 0 Å². The van der Waals surface area contributed by atoms with Crippen LogP contribution in [0.4, 0.5) is 0 Å². The van der Waals surface area contributed by atoms with Crippen LogP contribution >= 0.6 is 0 Å². The zero-order valence-electron chi connectivity index (χ0n) is 14.2. The molecular formula is C16H19N5O5. The summed E-state index contributed by atoms with van der Waals surface area (Å²) in [7, 11) is 1.78. The molecule has 10 nitrogen and oxygen atoms in total. The maximum Gasteiger partial charge on any atom is 0.290 e. The second kappa shape index (κ2) is 7.48. The normalized spacial score (nSPS) is 22.4. The summed E-state index contributed by atoms with van der Waals surface area (Å²) in [5, 5.41) is 11.1. The molecule has 2 aromatic heterocycles. The van der Waals surface area contributed by atoms with Gasteiger partial charge in [-0.3, -0.25) is 14.4 Å². The number of nitrogens with zero attached hydrogens (tertiary/aromatic N) is 5. The largest absolute Gasteiger partial charge is 0.483 e. The van der Waals surface area contributed by atoms with E-state index in [0.29, 0.717) is 37.6 Å². The Labute approximate surface area is 149 Å². The quantitative estimate of drug-likeness (QED) is 0.671. The minimum absolute atomic E-state index is 0.0408. The number of likely N-dealkylation sites (N-methyl/N-ethyl adjacent to an activating group) is 1. The number of aromatic nitrogens is 3. The summed E-state index contributed by atoms with van der Waals surface area (Å²) in [5.74, 6) is -0.432. The fourth-order valence-electron chi connectivity index (χ4n) is 3.20. The zero-order chi connectivity index (χ0) is 18.7. The third-order valence-electron chi connectivity index (χ3n) is 4.53. The first kappa shape index (κ1) is 17.8. The average molecular weight is 361 g/mol. The molecule has 10 heteroatoms. The van der Waals surface area contributed by atoms with Crippen LogP contribution in [0, 0.1) is 5.92 Å². The molecule has 2 atom stereocenters. The van der Waals surface area contributed by atoms with Crippen LogP contribution in [0.5, 0.6) is 0 Å². The van der Waals surface area contributed by atoms with E-state index in [4.69, 9.17) is 14.6 Å². The SMILES string of the molecule is CN1C(=O)[C@H]2COC[C@@H]1CN(C(=O)c1cnc3cccnn13)C2.O=CO. The molecule has 0 radical (unpaired) electrons. The lowest BCUT2D eigenvalue weighted by molar-refractivity contribution is -0.134. The molecule has 1 N–H and O–H groups in total. The van der Waals surface area contributed by atoms with Gasteiger partial charge < -0.3 is 19.6 Å². The smallest absolute Gasteiger partial charge is 0.290 e. The summed E-state index contributed by atoms with van der Waals surface area (Å²) < 4.78 is 7.09. The molecule has 2 fully saturated rings. The lowest BCUT2D eigenvalue weighted by Gasteiger charge is -2.29. The fourth-order valence-corrected chi connectivity index (χ4v) is 3.20. The number of fused-ring (bicyclic) bond motifs is 4. The van der Waals surface area contributed by atoms with Gasteiger partial charge in [0, 0.05) is 26.3 Å². The zero-order valence-corrected chi connectivity index (χ0v) is 14.2. The maximum atomic E-state index is 12.9. The van der Waals surface area contributed by atoms with Crippen LogP contribution in [0.25, 0.3) is 5.65 Å². The van der Waals surface area contributed by atoms with Crippen LogP contribution in [0.2, 0.25) is 0 Å². The predicted octanol–water partition coefficient (Wildman–Crippen LogP) is -0.641. The van der Waals surface area contributed by atoms with E-state index in [1.165, 1.54) is 10.7 Å². The molecule has 4 rings (SSSR count). The summed E-state index contributed by atoms with van der Waals surface area (Å²) in [5.41, 5.74) is 1.04. The van der Waals surface area contributed by atoms with E-state index in [-0.39, 0.29) is 30.2 Å². The summed E-state index contributed by atoms with van der Waals surface area (Å²) in [6, 6.07) is 3.45. The number of carbonyl (C=O) groups excluding carboxylic acids is 2. The van der Waals surface area contributed by atoms with Crippen molar-refractivity contribution in [3.05, 3.63) is 30.2 Å². The molecule has 26 heavy (non-hydrogen) atoms. The van der Waals surface area contributed by atoms with E-state index in [2.05, 4.69) is 10.1 Å². The molecule has 0 saturated carbocycles. The lowest BCUT2D eigenvalue weighted by atomic mass is 10.1. The first-order chi connectivity index (χ1) is 12.6. The Balaban J connectivity index is 0.000000613. The maximum absolute atomic E-state index is 12.9. The van der Waals surface area contributed by atoms with E-state index >= 15 is 0 Å². The van der Waals surface area contributed by atoms with Gasteiger partial charge in [0.05, 0.1) is 31.4 Å². The van der Waals surface area contributed by atoms with Crippen molar-refractivity contribution in [1.29, 1.82) is 0 Å². The number of imidazole rings is 1. The molecule has 2 aliphatic rings. The van der Waals surface area contributed by atoms with Crippen LogP contribution in [0.15, 0.2) is 24.5 Å². The van der Waals surface area contributed by atoms with Crippen LogP contribution in [-0.2, 0) is 14.3 Å². The van der Waals surface area contributed by atoms with E-state index in [0.717, 1.165) is 0 Å². The number of hydrogen-bond acceptors (Lipinski definition) is 6. The Hall–Kier alpha value is -3.01. The van der Waals surface area contributed by atoms with Gasteiger partial charge in [-0.25, -0.2) is 9.50 Å². The number of rotatable bonds is 1. The van der Waals surface area contributed by atoms with Crippen molar-refractivity contribution in [2.24, 2.45) is 5.92 Å². The molecule has 0 aliphatic carbocycles. The highest BCUT2D eigenvalue weighted by Gasteiger charge is 2.39. The molecule has 0 aromatic carbocycles. The van der Waals surface area contributed by atoms with Gasteiger partial charge in [0.15, 0.2) is 11.3 Å². The van der Waals surface area contributed by atoms with Gasteiger partial charge in [0.1, 0.15) is 0 Å². The Morgan fingerprint density at radius 2 is 2.15 bits per heavy atom. The van der Waals surface area contributed by atoms with Gasteiger partial charge in [-0.1, -0.05) is 0 Å². The van der Waals surface area contributed by atoms with Crippen LogP contribution in [0.3, 0.4) is 0 Å². The Kier molecular flexibility index (Phi) is 5.12. The third kappa shape index (κ3) is 3.23. The lowest BCUT2D eigenvalue weighted by Crippen LogP contribution is -2.45. The summed E-state index contributed by atoms with van der Waals surface area (Å²) in [6.07, 6.45) is 3.15. The summed E-state index contributed by atoms with van der Waals surface area (Å²) >= 11 is 0. The molecule has 138 valence electrons. The van der Waals surface area contributed by atoms with Crippen molar-refractivity contribution in [2.45, 2.75) is 6.04 Å². The second-order valence-electron chi connectivity index (χ2n) is 6.09. The van der Waals surface area contributed by atoms with Crippen molar-refractivity contribution in [1.82, 2.24) is 24.4 Å². The predicted molar refractivity (Wildman–Crippen MR) is 88.5 cm³/mol. The highest BCUT2D eigenvalue weighted by Crippen LogP contribution is 2.21. The van der Waals surface area contributed by atoms with Crippen LogP contribution in [-0.4, -0.2) is 87.2 Å². The Bertz CT molecular complexity index is 822. The highest BCUT2D eigenvalue weighted by atomic mass is 16.5. The molecule has 0 unspecified atom stereocenters. The van der Waals surface area contributed by atoms with Gasteiger partial charge in [-0.2, -0.15) is 5.10 Å². The number of amides is 2. The van der Waals surface area contributed by atoms with E-state index in [9.17, 15) is 9.59 Å². The van der Waals surface area contributed by atoms with Crippen molar-refractivity contribution in [3.8, 4) is 0 Å². The molecule has 2 bridgehead atoms. The monoisotopic (exact) mass is 361 g/mol. The number of carboxylic acid groups (broad SMARTS) is 1. The van der Waals surface area contributed by atoms with Crippen molar-refractivity contribution in [3.63, 3.8) is 0 Å². The van der Waals surface area contributed by atoms with E-state index < -0.39 is 0 Å². The standard InChI is InChI=1S/C15H17N5O3.CH2O2/c1-18-11-7-19(6-10(14(18)21)8-23-9-11)15(22)12-5-16-13-3-2-4-17-20(12)13;2-1-3/h2-5,10-11H,6-9H2,1H3;1H,(H,2,3)/t10-,11+;/m1./s1. The summed E-state index contributed by atoms with van der Waals surface area (Å²) in [6.45, 7) is 1.37. The van der Waals surface area contributed by atoms with Gasteiger partial charge in [-0.15, -0.1) is 0 Å². The fraction of sp³-hybridized carbons (Fsp3) is 0.438. The van der Waals surface area contributed by atoms with Gasteiger partial charge in [0.25, 0.3) is 12.4 Å². The first-order valence-corrected chi connectivity index (χ1v) is 8.07. The minimum Gasteiger partial charge on any atom is -0.483 e. The molecule has 2 saturated heterocycles. The third-order valence-corrected chi connectivity index (χ3v) is 4.53. The topological polar surface area (TPSA) is 117 Å². The van der Waals surface area contributed by atoms with Gasteiger partial charge in [0.2, 0.25) is 5.91 Å². The van der Waals surface area contributed by atoms with Crippen molar-refractivity contribution >= 4 is 23.9 Å². The molecule has 2 amide bonds. The van der Waals surface area contributed by atoms with Crippen LogP contribution < -0.4 is 0 Å². The molecule has 2 aromatic rings. The molecule has 4 heterocycles. The van der Waals surface area contributed by atoms with Gasteiger partial charge in [-0.05, 0) is 12.1 Å². The molecule has 2 aliphatic heterocycles. The van der Waals surface area contributed by atoms with Crippen molar-refractivity contribution < 1.29 is 24.2 Å². The van der Waals surface area contributed by atoms with E-state index in [1.54, 1.807) is 35.2 Å². The first-order valence-electron chi connectivity index (χ1n) is 8.07. The number of carbonyl (C=O) groups is 3. The number of hydrogen-bond donors (Lipinski definition) is 1. The van der Waals surface area contributed by atoms with Crippen LogP contribution in [0.1, 0.15) is 10.5 Å². The number of ether oxygens (including phenoxy) is 1.